The highest BCUT2D eigenvalue weighted by Gasteiger charge is 2.28. The molecule has 0 radical (unpaired) electrons. The highest BCUT2D eigenvalue weighted by molar-refractivity contribution is 5.94. The number of carbonyl (C=O) groups is 2. The number of amides is 1. The third-order valence-electron chi connectivity index (χ3n) is 2.13. The minimum atomic E-state index is -0.937. The van der Waals surface area contributed by atoms with E-state index in [0.29, 0.717) is 13.2 Å². The fourth-order valence-electron chi connectivity index (χ4n) is 1.47. The van der Waals surface area contributed by atoms with E-state index >= 15 is 0 Å². The minimum absolute atomic E-state index is 0.100. The van der Waals surface area contributed by atoms with Crippen LogP contribution in [0.5, 0.6) is 0 Å². The minimum Gasteiger partial charge on any atom is -0.481 e. The number of rotatable bonds is 2. The molecule has 1 saturated heterocycles. The number of nitrogens with zero attached hydrogens (tertiary/aromatic N) is 1. The Morgan fingerprint density at radius 3 is 2.93 bits per heavy atom. The molecule has 0 aromatic carbocycles. The first-order valence-electron chi connectivity index (χ1n) is 4.68. The van der Waals surface area contributed by atoms with Crippen LogP contribution in [0.15, 0.2) is 0 Å². The molecule has 1 unspecified atom stereocenters. The number of carboxylic acids is 1. The number of hydrogen-bond donors (Lipinski definition) is 1. The van der Waals surface area contributed by atoms with Crippen LogP contribution in [0.2, 0.25) is 0 Å². The quantitative estimate of drug-likeness (QED) is 0.637. The Balaban J connectivity index is 2.67. The normalized spacial score (nSPS) is 20.3. The second-order valence-electron chi connectivity index (χ2n) is 3.20. The lowest BCUT2D eigenvalue weighted by Gasteiger charge is -2.33. The smallest absolute Gasteiger partial charge is 0.305 e. The van der Waals surface area contributed by atoms with Crippen LogP contribution in [0.4, 0.5) is 0 Å². The lowest BCUT2D eigenvalue weighted by Crippen LogP contribution is -2.49. The molecule has 0 spiro atoms. The topological polar surface area (TPSA) is 66.8 Å². The molecule has 1 N–H and O–H groups in total. The standard InChI is InChI=1S/C10H13NO4/c1-2-3-9(12)11-4-5-15-7-8(11)6-10(13)14/h8H,4-7H2,1H3,(H,13,14). The number of ether oxygens (including phenoxy) is 1. The van der Waals surface area contributed by atoms with Crippen molar-refractivity contribution in [1.82, 2.24) is 4.90 Å². The summed E-state index contributed by atoms with van der Waals surface area (Å²) in [6.07, 6.45) is -0.100. The van der Waals surface area contributed by atoms with Gasteiger partial charge in [0.1, 0.15) is 0 Å². The second-order valence-corrected chi connectivity index (χ2v) is 3.20. The van der Waals surface area contributed by atoms with Crippen LogP contribution < -0.4 is 0 Å². The SMILES string of the molecule is CC#CC(=O)N1CCOCC1CC(=O)O. The van der Waals surface area contributed by atoms with E-state index in [1.54, 1.807) is 6.92 Å². The number of carbonyl (C=O) groups excluding carboxylic acids is 1. The molecule has 15 heavy (non-hydrogen) atoms. The van der Waals surface area contributed by atoms with Gasteiger partial charge in [0.15, 0.2) is 0 Å². The van der Waals surface area contributed by atoms with Crippen LogP contribution in [0, 0.1) is 11.8 Å². The Morgan fingerprint density at radius 2 is 2.33 bits per heavy atom. The van der Waals surface area contributed by atoms with Gasteiger partial charge in [0.25, 0.3) is 5.91 Å². The van der Waals surface area contributed by atoms with Crippen LogP contribution in [-0.2, 0) is 14.3 Å². The van der Waals surface area contributed by atoms with Crippen molar-refractivity contribution in [2.75, 3.05) is 19.8 Å². The molecule has 1 aliphatic rings. The summed E-state index contributed by atoms with van der Waals surface area (Å²) in [5.41, 5.74) is 0. The molecule has 0 aromatic heterocycles. The second kappa shape index (κ2) is 5.37. The molecule has 0 bridgehead atoms. The van der Waals surface area contributed by atoms with Crippen molar-refractivity contribution < 1.29 is 19.4 Å². The molecule has 1 rings (SSSR count). The van der Waals surface area contributed by atoms with Crippen molar-refractivity contribution in [2.45, 2.75) is 19.4 Å². The molecule has 82 valence electrons. The molecule has 1 amide bonds. The third kappa shape index (κ3) is 3.26. The summed E-state index contributed by atoms with van der Waals surface area (Å²) >= 11 is 0. The van der Waals surface area contributed by atoms with Crippen LogP contribution in [-0.4, -0.2) is 47.7 Å². The van der Waals surface area contributed by atoms with Crippen LogP contribution in [0.3, 0.4) is 0 Å². The van der Waals surface area contributed by atoms with Gasteiger partial charge >= 0.3 is 5.97 Å². The highest BCUT2D eigenvalue weighted by Crippen LogP contribution is 2.10. The maximum absolute atomic E-state index is 11.5. The van der Waals surface area contributed by atoms with Gasteiger partial charge in [0, 0.05) is 6.54 Å². The van der Waals surface area contributed by atoms with E-state index in [-0.39, 0.29) is 18.9 Å². The van der Waals surface area contributed by atoms with Crippen molar-refractivity contribution in [3.8, 4) is 11.8 Å². The Hall–Kier alpha value is -1.54. The first kappa shape index (κ1) is 11.5. The Morgan fingerprint density at radius 1 is 1.60 bits per heavy atom. The van der Waals surface area contributed by atoms with E-state index in [1.165, 1.54) is 4.90 Å². The van der Waals surface area contributed by atoms with Crippen LogP contribution in [0.1, 0.15) is 13.3 Å². The summed E-state index contributed by atoms with van der Waals surface area (Å²) in [6, 6.07) is -0.399. The molecule has 5 heteroatoms. The van der Waals surface area contributed by atoms with Crippen molar-refractivity contribution >= 4 is 11.9 Å². The molecule has 5 nitrogen and oxygen atoms in total. The predicted molar refractivity (Wildman–Crippen MR) is 52.0 cm³/mol. The van der Waals surface area contributed by atoms with E-state index in [2.05, 4.69) is 11.8 Å². The molecule has 1 aliphatic heterocycles. The van der Waals surface area contributed by atoms with Crippen molar-refractivity contribution in [3.63, 3.8) is 0 Å². The maximum atomic E-state index is 11.5. The van der Waals surface area contributed by atoms with Gasteiger partial charge in [0.05, 0.1) is 25.7 Å². The molecule has 1 atom stereocenters. The third-order valence-corrected chi connectivity index (χ3v) is 2.13. The van der Waals surface area contributed by atoms with Gasteiger partial charge in [-0.05, 0) is 12.8 Å². The van der Waals surface area contributed by atoms with Crippen LogP contribution in [0.25, 0.3) is 0 Å². The van der Waals surface area contributed by atoms with Crippen molar-refractivity contribution in [3.05, 3.63) is 0 Å². The summed E-state index contributed by atoms with van der Waals surface area (Å²) in [4.78, 5) is 23.5. The molecule has 0 saturated carbocycles. The molecular formula is C10H13NO4. The zero-order valence-corrected chi connectivity index (χ0v) is 8.52. The van der Waals surface area contributed by atoms with Gasteiger partial charge in [-0.3, -0.25) is 9.59 Å². The molecular weight excluding hydrogens is 198 g/mol. The molecule has 1 fully saturated rings. The van der Waals surface area contributed by atoms with Crippen molar-refractivity contribution in [2.24, 2.45) is 0 Å². The lowest BCUT2D eigenvalue weighted by molar-refractivity contribution is -0.143. The fourth-order valence-corrected chi connectivity index (χ4v) is 1.47. The zero-order chi connectivity index (χ0) is 11.3. The van der Waals surface area contributed by atoms with Gasteiger partial charge in [-0.1, -0.05) is 5.92 Å². The van der Waals surface area contributed by atoms with Gasteiger partial charge in [-0.2, -0.15) is 0 Å². The lowest BCUT2D eigenvalue weighted by atomic mass is 10.1. The Labute approximate surface area is 88.0 Å². The molecule has 0 aliphatic carbocycles. The zero-order valence-electron chi connectivity index (χ0n) is 8.52. The Kier molecular flexibility index (Phi) is 4.13. The summed E-state index contributed by atoms with van der Waals surface area (Å²) < 4.78 is 5.14. The van der Waals surface area contributed by atoms with E-state index in [0.717, 1.165) is 0 Å². The van der Waals surface area contributed by atoms with E-state index < -0.39 is 12.0 Å². The summed E-state index contributed by atoms with van der Waals surface area (Å²) in [7, 11) is 0. The van der Waals surface area contributed by atoms with E-state index in [9.17, 15) is 9.59 Å². The summed E-state index contributed by atoms with van der Waals surface area (Å²) in [5, 5.41) is 8.67. The largest absolute Gasteiger partial charge is 0.481 e. The van der Waals surface area contributed by atoms with Gasteiger partial charge in [-0.15, -0.1) is 0 Å². The predicted octanol–water partition coefficient (Wildman–Crippen LogP) is -0.288. The molecule has 1 heterocycles. The van der Waals surface area contributed by atoms with Gasteiger partial charge in [0.2, 0.25) is 0 Å². The number of morpholine rings is 1. The highest BCUT2D eigenvalue weighted by atomic mass is 16.5. The number of hydrogen-bond acceptors (Lipinski definition) is 3. The number of carboxylic acid groups (broad SMARTS) is 1. The number of aliphatic carboxylic acids is 1. The van der Waals surface area contributed by atoms with E-state index in [1.807, 2.05) is 0 Å². The maximum Gasteiger partial charge on any atom is 0.305 e. The summed E-state index contributed by atoms with van der Waals surface area (Å²) in [6.45, 7) is 2.69. The van der Waals surface area contributed by atoms with Crippen LogP contribution >= 0.6 is 0 Å². The monoisotopic (exact) mass is 211 g/mol. The first-order chi connectivity index (χ1) is 7.15. The van der Waals surface area contributed by atoms with Gasteiger partial charge < -0.3 is 14.7 Å². The first-order valence-corrected chi connectivity index (χ1v) is 4.68. The molecule has 0 aromatic rings. The Bertz CT molecular complexity index is 315. The van der Waals surface area contributed by atoms with E-state index in [4.69, 9.17) is 9.84 Å². The average Bonchev–Trinajstić information content (AvgIpc) is 2.18. The van der Waals surface area contributed by atoms with Gasteiger partial charge in [-0.25, -0.2) is 0 Å². The fraction of sp³-hybridized carbons (Fsp3) is 0.600. The summed E-state index contributed by atoms with van der Waals surface area (Å²) in [5.74, 6) is 3.65. The average molecular weight is 211 g/mol. The van der Waals surface area contributed by atoms with Crippen molar-refractivity contribution in [1.29, 1.82) is 0 Å².